The van der Waals surface area contributed by atoms with E-state index < -0.39 is 0 Å². The molecule has 0 saturated heterocycles. The fourth-order valence-corrected chi connectivity index (χ4v) is 3.69. The third-order valence-electron chi connectivity index (χ3n) is 5.02. The van der Waals surface area contributed by atoms with Gasteiger partial charge in [-0.15, -0.1) is 0 Å². The van der Waals surface area contributed by atoms with Gasteiger partial charge in [-0.05, 0) is 50.7 Å². The van der Waals surface area contributed by atoms with Crippen molar-refractivity contribution in [2.45, 2.75) is 65.0 Å². The molecule has 0 amide bonds. The topological polar surface area (TPSA) is 25.2 Å². The number of hydrogen-bond acceptors (Lipinski definition) is 2. The number of para-hydroxylation sites is 1. The molecule has 2 heteroatoms. The molecule has 1 fully saturated rings. The fourth-order valence-electron chi connectivity index (χ4n) is 3.69. The van der Waals surface area contributed by atoms with Crippen LogP contribution in [0.1, 0.15) is 63.3 Å². The number of benzene rings is 1. The van der Waals surface area contributed by atoms with Crippen LogP contribution in [0.5, 0.6) is 0 Å². The minimum Gasteiger partial charge on any atom is -0.459 e. The predicted octanol–water partition coefficient (Wildman–Crippen LogP) is 5.36. The summed E-state index contributed by atoms with van der Waals surface area (Å²) in [6.07, 6.45) is 6.68. The molecular formula is C19H27NO. The van der Waals surface area contributed by atoms with Crippen molar-refractivity contribution in [1.29, 1.82) is 0 Å². The molecule has 1 aliphatic carbocycles. The van der Waals surface area contributed by atoms with E-state index in [1.165, 1.54) is 43.1 Å². The highest BCUT2D eigenvalue weighted by molar-refractivity contribution is 5.82. The number of rotatable bonds is 3. The molecule has 1 N–H and O–H groups in total. The SMILES string of the molecule is Cc1c(C(C)NC2CCCC(C)CC2)oc2ccccc12. The van der Waals surface area contributed by atoms with Crippen molar-refractivity contribution in [2.24, 2.45) is 5.92 Å². The van der Waals surface area contributed by atoms with Gasteiger partial charge in [-0.2, -0.15) is 0 Å². The van der Waals surface area contributed by atoms with E-state index >= 15 is 0 Å². The second kappa shape index (κ2) is 6.23. The van der Waals surface area contributed by atoms with E-state index in [9.17, 15) is 0 Å². The van der Waals surface area contributed by atoms with E-state index in [2.05, 4.69) is 44.3 Å². The van der Waals surface area contributed by atoms with Crippen LogP contribution >= 0.6 is 0 Å². The number of aryl methyl sites for hydroxylation is 1. The number of nitrogens with one attached hydrogen (secondary N) is 1. The van der Waals surface area contributed by atoms with Crippen molar-refractivity contribution < 1.29 is 4.42 Å². The van der Waals surface area contributed by atoms with Gasteiger partial charge >= 0.3 is 0 Å². The Morgan fingerprint density at radius 1 is 1.14 bits per heavy atom. The van der Waals surface area contributed by atoms with Crippen LogP contribution in [0.3, 0.4) is 0 Å². The third kappa shape index (κ3) is 3.16. The van der Waals surface area contributed by atoms with Crippen LogP contribution in [0, 0.1) is 12.8 Å². The van der Waals surface area contributed by atoms with Gasteiger partial charge in [0.15, 0.2) is 0 Å². The maximum Gasteiger partial charge on any atom is 0.134 e. The molecule has 2 nitrogen and oxygen atoms in total. The first-order valence-electron chi connectivity index (χ1n) is 8.39. The molecule has 3 rings (SSSR count). The van der Waals surface area contributed by atoms with Crippen molar-refractivity contribution in [1.82, 2.24) is 5.32 Å². The first-order valence-corrected chi connectivity index (χ1v) is 8.39. The van der Waals surface area contributed by atoms with Crippen LogP contribution < -0.4 is 5.32 Å². The van der Waals surface area contributed by atoms with Gasteiger partial charge in [-0.3, -0.25) is 0 Å². The van der Waals surface area contributed by atoms with Crippen molar-refractivity contribution in [3.05, 3.63) is 35.6 Å². The molecule has 0 bridgehead atoms. The number of furan rings is 1. The van der Waals surface area contributed by atoms with Gasteiger partial charge in [0, 0.05) is 11.4 Å². The number of fused-ring (bicyclic) bond motifs is 1. The summed E-state index contributed by atoms with van der Waals surface area (Å²) < 4.78 is 6.09. The van der Waals surface area contributed by atoms with Crippen LogP contribution in [-0.4, -0.2) is 6.04 Å². The average molecular weight is 285 g/mol. The van der Waals surface area contributed by atoms with Crippen LogP contribution in [0.2, 0.25) is 0 Å². The normalized spacial score (nSPS) is 24.9. The maximum atomic E-state index is 6.09. The summed E-state index contributed by atoms with van der Waals surface area (Å²) in [6, 6.07) is 9.26. The summed E-state index contributed by atoms with van der Waals surface area (Å²) >= 11 is 0. The van der Waals surface area contributed by atoms with Crippen LogP contribution in [0.25, 0.3) is 11.0 Å². The summed E-state index contributed by atoms with van der Waals surface area (Å²) in [5.41, 5.74) is 2.29. The molecule has 1 aromatic carbocycles. The quantitative estimate of drug-likeness (QED) is 0.768. The van der Waals surface area contributed by atoms with Gasteiger partial charge in [-0.1, -0.05) is 38.0 Å². The Balaban J connectivity index is 1.74. The second-order valence-corrected chi connectivity index (χ2v) is 6.79. The number of hydrogen-bond donors (Lipinski definition) is 1. The Kier molecular flexibility index (Phi) is 4.34. The molecule has 0 aliphatic heterocycles. The third-order valence-corrected chi connectivity index (χ3v) is 5.02. The van der Waals surface area contributed by atoms with Gasteiger partial charge in [-0.25, -0.2) is 0 Å². The van der Waals surface area contributed by atoms with E-state index in [4.69, 9.17) is 4.42 Å². The van der Waals surface area contributed by atoms with E-state index in [-0.39, 0.29) is 6.04 Å². The molecule has 2 aromatic rings. The lowest BCUT2D eigenvalue weighted by atomic mass is 10.0. The Hall–Kier alpha value is -1.28. The lowest BCUT2D eigenvalue weighted by Gasteiger charge is -2.21. The maximum absolute atomic E-state index is 6.09. The zero-order valence-corrected chi connectivity index (χ0v) is 13.5. The first kappa shape index (κ1) is 14.6. The zero-order chi connectivity index (χ0) is 14.8. The van der Waals surface area contributed by atoms with E-state index in [0.717, 1.165) is 17.3 Å². The van der Waals surface area contributed by atoms with E-state index in [1.807, 2.05) is 6.07 Å². The minimum absolute atomic E-state index is 0.288. The lowest BCUT2D eigenvalue weighted by Crippen LogP contribution is -2.31. The van der Waals surface area contributed by atoms with E-state index in [0.29, 0.717) is 6.04 Å². The Bertz CT molecular complexity index is 601. The molecule has 3 atom stereocenters. The highest BCUT2D eigenvalue weighted by Gasteiger charge is 2.21. The molecule has 21 heavy (non-hydrogen) atoms. The van der Waals surface area contributed by atoms with Crippen LogP contribution in [0.15, 0.2) is 28.7 Å². The minimum atomic E-state index is 0.288. The second-order valence-electron chi connectivity index (χ2n) is 6.79. The summed E-state index contributed by atoms with van der Waals surface area (Å²) in [5.74, 6) is 1.99. The van der Waals surface area contributed by atoms with E-state index in [1.54, 1.807) is 0 Å². The molecule has 1 saturated carbocycles. The predicted molar refractivity (Wildman–Crippen MR) is 88.5 cm³/mol. The molecule has 3 unspecified atom stereocenters. The highest BCUT2D eigenvalue weighted by Crippen LogP contribution is 2.30. The largest absolute Gasteiger partial charge is 0.459 e. The summed E-state index contributed by atoms with van der Waals surface area (Å²) in [4.78, 5) is 0. The Morgan fingerprint density at radius 3 is 2.76 bits per heavy atom. The Labute approximate surface area is 127 Å². The molecule has 0 radical (unpaired) electrons. The standard InChI is InChI=1S/C19H27NO/c1-13-7-6-8-16(12-11-13)20-15(3)19-14(2)17-9-4-5-10-18(17)21-19/h4-5,9-10,13,15-16,20H,6-8,11-12H2,1-3H3. The summed E-state index contributed by atoms with van der Waals surface area (Å²) in [7, 11) is 0. The monoisotopic (exact) mass is 285 g/mol. The van der Waals surface area contributed by atoms with Crippen LogP contribution in [-0.2, 0) is 0 Å². The van der Waals surface area contributed by atoms with Crippen molar-refractivity contribution in [3.63, 3.8) is 0 Å². The van der Waals surface area contributed by atoms with Crippen molar-refractivity contribution in [2.75, 3.05) is 0 Å². The smallest absolute Gasteiger partial charge is 0.134 e. The van der Waals surface area contributed by atoms with Gasteiger partial charge in [0.05, 0.1) is 6.04 Å². The molecule has 1 aromatic heterocycles. The fraction of sp³-hybridized carbons (Fsp3) is 0.579. The molecular weight excluding hydrogens is 258 g/mol. The van der Waals surface area contributed by atoms with Gasteiger partial charge in [0.2, 0.25) is 0 Å². The first-order chi connectivity index (χ1) is 10.1. The highest BCUT2D eigenvalue weighted by atomic mass is 16.3. The van der Waals surface area contributed by atoms with Crippen LogP contribution in [0.4, 0.5) is 0 Å². The van der Waals surface area contributed by atoms with Gasteiger partial charge in [0.1, 0.15) is 11.3 Å². The molecule has 0 spiro atoms. The van der Waals surface area contributed by atoms with Gasteiger partial charge < -0.3 is 9.73 Å². The molecule has 1 heterocycles. The molecule has 1 aliphatic rings. The summed E-state index contributed by atoms with van der Waals surface area (Å²) in [5, 5.41) is 5.05. The lowest BCUT2D eigenvalue weighted by molar-refractivity contribution is 0.369. The van der Waals surface area contributed by atoms with Crippen molar-refractivity contribution >= 4 is 11.0 Å². The molecule has 114 valence electrons. The average Bonchev–Trinajstić information content (AvgIpc) is 2.68. The zero-order valence-electron chi connectivity index (χ0n) is 13.5. The Morgan fingerprint density at radius 2 is 1.95 bits per heavy atom. The van der Waals surface area contributed by atoms with Crippen molar-refractivity contribution in [3.8, 4) is 0 Å². The summed E-state index contributed by atoms with van der Waals surface area (Å²) in [6.45, 7) is 6.79. The van der Waals surface area contributed by atoms with Gasteiger partial charge in [0.25, 0.3) is 0 Å².